The Labute approximate surface area is 468 Å². The van der Waals surface area contributed by atoms with E-state index in [1.165, 1.54) is 289 Å². The van der Waals surface area contributed by atoms with E-state index in [4.69, 9.17) is 4.74 Å². The number of unbranched alkanes of at least 4 members (excludes halogenated alkanes) is 48. The molecule has 2 atom stereocenters. The zero-order valence-electron chi connectivity index (χ0n) is 50.5. The summed E-state index contributed by atoms with van der Waals surface area (Å²) in [5.41, 5.74) is 0. The number of rotatable bonds is 63. The highest BCUT2D eigenvalue weighted by atomic mass is 16.5. The molecule has 0 unspecified atom stereocenters. The Morgan fingerprint density at radius 1 is 0.373 bits per heavy atom. The summed E-state index contributed by atoms with van der Waals surface area (Å²) in [7, 11) is 0. The van der Waals surface area contributed by atoms with E-state index in [1.54, 1.807) is 6.08 Å². The first-order chi connectivity index (χ1) is 37.0. The number of ether oxygens (including phenoxy) is 1. The van der Waals surface area contributed by atoms with Crippen LogP contribution in [0.25, 0.3) is 0 Å². The standard InChI is InChI=1S/C69H131NO5/c1-3-5-7-9-11-13-15-17-34-39-43-47-51-55-59-63-69(74)75-64-60-56-52-48-44-40-36-33-31-29-27-25-23-21-19-18-20-22-24-26-28-30-32-35-38-42-46-50-54-58-62-68(73)70-66(65-71)67(72)61-57-53-49-45-41-37-16-14-12-10-8-6-4-2/h11,13,17,34,57,61,66-67,71-72H,3-10,12,14-16,18-33,35-56,58-60,62-65H2,1-2H3,(H,70,73)/b13-11-,34-17-,61-57+/t66-,67+/m0/s1. The second-order valence-electron chi connectivity index (χ2n) is 23.2. The third-order valence-corrected chi connectivity index (χ3v) is 15.7. The number of aliphatic hydroxyl groups excluding tert-OH is 2. The fourth-order valence-corrected chi connectivity index (χ4v) is 10.5. The molecular formula is C69H131NO5. The lowest BCUT2D eigenvalue weighted by atomic mass is 10.0. The average Bonchev–Trinajstić information content (AvgIpc) is 3.41. The van der Waals surface area contributed by atoms with Crippen molar-refractivity contribution in [1.29, 1.82) is 0 Å². The molecule has 0 aromatic heterocycles. The molecule has 75 heavy (non-hydrogen) atoms. The maximum Gasteiger partial charge on any atom is 0.305 e. The van der Waals surface area contributed by atoms with Crippen molar-refractivity contribution in [2.45, 2.75) is 379 Å². The minimum absolute atomic E-state index is 0.00585. The van der Waals surface area contributed by atoms with Crippen LogP contribution in [0.4, 0.5) is 0 Å². The number of amides is 1. The molecule has 0 aromatic carbocycles. The van der Waals surface area contributed by atoms with Gasteiger partial charge in [-0.25, -0.2) is 0 Å². The second kappa shape index (κ2) is 64.6. The van der Waals surface area contributed by atoms with E-state index in [1.807, 2.05) is 6.08 Å². The van der Waals surface area contributed by atoms with Crippen molar-refractivity contribution >= 4 is 11.9 Å². The molecule has 0 aliphatic heterocycles. The van der Waals surface area contributed by atoms with Gasteiger partial charge < -0.3 is 20.3 Å². The first-order valence-corrected chi connectivity index (χ1v) is 33.8. The lowest BCUT2D eigenvalue weighted by Crippen LogP contribution is -2.45. The zero-order valence-corrected chi connectivity index (χ0v) is 50.5. The van der Waals surface area contributed by atoms with Crippen molar-refractivity contribution in [2.75, 3.05) is 13.2 Å². The summed E-state index contributed by atoms with van der Waals surface area (Å²) in [6.45, 7) is 4.89. The van der Waals surface area contributed by atoms with E-state index in [9.17, 15) is 19.8 Å². The Kier molecular flexibility index (Phi) is 63.0. The van der Waals surface area contributed by atoms with Crippen LogP contribution in [-0.2, 0) is 14.3 Å². The molecule has 3 N–H and O–H groups in total. The summed E-state index contributed by atoms with van der Waals surface area (Å²) in [6.07, 6.45) is 82.2. The Bertz CT molecular complexity index is 1210. The number of allylic oxidation sites excluding steroid dienone is 5. The topological polar surface area (TPSA) is 95.9 Å². The molecule has 0 aliphatic rings. The molecule has 0 spiro atoms. The Morgan fingerprint density at radius 3 is 1.04 bits per heavy atom. The smallest absolute Gasteiger partial charge is 0.305 e. The number of hydrogen-bond donors (Lipinski definition) is 3. The molecule has 0 aliphatic carbocycles. The van der Waals surface area contributed by atoms with Crippen molar-refractivity contribution in [3.63, 3.8) is 0 Å². The summed E-state index contributed by atoms with van der Waals surface area (Å²) >= 11 is 0. The fraction of sp³-hybridized carbons (Fsp3) is 0.884. The second-order valence-corrected chi connectivity index (χ2v) is 23.2. The van der Waals surface area contributed by atoms with Gasteiger partial charge in [0.05, 0.1) is 25.4 Å². The first-order valence-electron chi connectivity index (χ1n) is 33.8. The third kappa shape index (κ3) is 61.2. The Morgan fingerprint density at radius 2 is 0.667 bits per heavy atom. The van der Waals surface area contributed by atoms with Gasteiger partial charge in [0, 0.05) is 12.8 Å². The van der Waals surface area contributed by atoms with Gasteiger partial charge in [0.25, 0.3) is 0 Å². The van der Waals surface area contributed by atoms with Crippen LogP contribution in [0.15, 0.2) is 36.5 Å². The molecule has 6 heteroatoms. The van der Waals surface area contributed by atoms with E-state index in [-0.39, 0.29) is 18.5 Å². The SMILES string of the molecule is CCCCC/C=C\C/C=C\CCCCCCCC(=O)OCCCCCCCCCCCCCCCCCCCCCCCCCCCCCCCCC(=O)N[C@@H](CO)[C@H](O)/C=C/CCCCCCCCCCCCC. The van der Waals surface area contributed by atoms with E-state index in [0.717, 1.165) is 51.4 Å². The van der Waals surface area contributed by atoms with Crippen LogP contribution in [0.2, 0.25) is 0 Å². The molecule has 0 heterocycles. The van der Waals surface area contributed by atoms with Gasteiger partial charge in [0.15, 0.2) is 0 Å². The number of esters is 1. The van der Waals surface area contributed by atoms with Gasteiger partial charge in [0.2, 0.25) is 5.91 Å². The van der Waals surface area contributed by atoms with E-state index in [2.05, 4.69) is 43.5 Å². The molecule has 0 saturated carbocycles. The molecule has 0 aromatic rings. The van der Waals surface area contributed by atoms with Gasteiger partial charge in [-0.1, -0.05) is 326 Å². The van der Waals surface area contributed by atoms with Gasteiger partial charge in [-0.2, -0.15) is 0 Å². The van der Waals surface area contributed by atoms with Gasteiger partial charge in [-0.15, -0.1) is 0 Å². The maximum absolute atomic E-state index is 12.5. The lowest BCUT2D eigenvalue weighted by Gasteiger charge is -2.20. The van der Waals surface area contributed by atoms with Crippen molar-refractivity contribution in [3.05, 3.63) is 36.5 Å². The zero-order chi connectivity index (χ0) is 54.3. The highest BCUT2D eigenvalue weighted by Gasteiger charge is 2.18. The average molecular weight is 1050 g/mol. The minimum atomic E-state index is -0.841. The molecular weight excluding hydrogens is 923 g/mol. The van der Waals surface area contributed by atoms with Gasteiger partial charge in [-0.3, -0.25) is 9.59 Å². The molecule has 0 bridgehead atoms. The summed E-state index contributed by atoms with van der Waals surface area (Å²) in [6, 6.07) is -0.624. The van der Waals surface area contributed by atoms with Crippen LogP contribution in [0, 0.1) is 0 Å². The highest BCUT2D eigenvalue weighted by Crippen LogP contribution is 2.18. The number of carbonyl (C=O) groups excluding carboxylic acids is 2. The highest BCUT2D eigenvalue weighted by molar-refractivity contribution is 5.76. The van der Waals surface area contributed by atoms with Crippen LogP contribution < -0.4 is 5.32 Å². The van der Waals surface area contributed by atoms with Crippen molar-refractivity contribution in [1.82, 2.24) is 5.32 Å². The number of carbonyl (C=O) groups is 2. The van der Waals surface area contributed by atoms with Gasteiger partial charge in [-0.05, 0) is 64.2 Å². The summed E-state index contributed by atoms with van der Waals surface area (Å²) in [5, 5.41) is 23.1. The molecule has 442 valence electrons. The predicted octanol–water partition coefficient (Wildman–Crippen LogP) is 21.5. The fourth-order valence-electron chi connectivity index (χ4n) is 10.5. The largest absolute Gasteiger partial charge is 0.466 e. The van der Waals surface area contributed by atoms with E-state index < -0.39 is 12.1 Å². The van der Waals surface area contributed by atoms with Gasteiger partial charge in [0.1, 0.15) is 0 Å². The summed E-state index contributed by atoms with van der Waals surface area (Å²) in [5.74, 6) is -0.0573. The van der Waals surface area contributed by atoms with Crippen LogP contribution in [0.5, 0.6) is 0 Å². The van der Waals surface area contributed by atoms with Gasteiger partial charge >= 0.3 is 5.97 Å². The molecule has 6 nitrogen and oxygen atoms in total. The Balaban J connectivity index is 3.34. The van der Waals surface area contributed by atoms with Crippen molar-refractivity contribution in [3.8, 4) is 0 Å². The Hall–Kier alpha value is -1.92. The van der Waals surface area contributed by atoms with Crippen LogP contribution in [0.3, 0.4) is 0 Å². The van der Waals surface area contributed by atoms with Crippen LogP contribution in [-0.4, -0.2) is 47.4 Å². The summed E-state index contributed by atoms with van der Waals surface area (Å²) < 4.78 is 5.49. The first kappa shape index (κ1) is 73.1. The summed E-state index contributed by atoms with van der Waals surface area (Å²) in [4.78, 5) is 24.5. The number of nitrogens with one attached hydrogen (secondary N) is 1. The lowest BCUT2D eigenvalue weighted by molar-refractivity contribution is -0.143. The predicted molar refractivity (Wildman–Crippen MR) is 329 cm³/mol. The third-order valence-electron chi connectivity index (χ3n) is 15.7. The number of aliphatic hydroxyl groups is 2. The molecule has 0 rings (SSSR count). The van der Waals surface area contributed by atoms with Crippen molar-refractivity contribution < 1.29 is 24.5 Å². The molecule has 0 fully saturated rings. The quantitative estimate of drug-likeness (QED) is 0.0320. The van der Waals surface area contributed by atoms with Crippen LogP contribution >= 0.6 is 0 Å². The normalized spacial score (nSPS) is 12.7. The minimum Gasteiger partial charge on any atom is -0.466 e. The maximum atomic E-state index is 12.5. The molecule has 0 saturated heterocycles. The monoisotopic (exact) mass is 1050 g/mol. The number of hydrogen-bond acceptors (Lipinski definition) is 5. The van der Waals surface area contributed by atoms with Crippen LogP contribution in [0.1, 0.15) is 367 Å². The van der Waals surface area contributed by atoms with E-state index >= 15 is 0 Å². The van der Waals surface area contributed by atoms with Crippen molar-refractivity contribution in [2.24, 2.45) is 0 Å². The molecule has 1 amide bonds. The molecule has 0 radical (unpaired) electrons. The van der Waals surface area contributed by atoms with E-state index in [0.29, 0.717) is 19.4 Å².